The number of aliphatic imine (C=N–C) groups is 1. The van der Waals surface area contributed by atoms with Crippen LogP contribution in [0.5, 0.6) is 0 Å². The molecule has 0 saturated carbocycles. The van der Waals surface area contributed by atoms with Gasteiger partial charge < -0.3 is 24.7 Å². The molecule has 0 aliphatic rings. The summed E-state index contributed by atoms with van der Waals surface area (Å²) in [6, 6.07) is 0.0347. The number of ether oxygens (including phenoxy) is 1. The summed E-state index contributed by atoms with van der Waals surface area (Å²) in [7, 11) is 3.46. The minimum absolute atomic E-state index is 0.0347. The molecule has 26 heavy (non-hydrogen) atoms. The summed E-state index contributed by atoms with van der Waals surface area (Å²) < 4.78 is 10.9. The van der Waals surface area contributed by atoms with Crippen molar-refractivity contribution < 1.29 is 13.9 Å². The van der Waals surface area contributed by atoms with Gasteiger partial charge in [0.05, 0.1) is 12.2 Å². The highest BCUT2D eigenvalue weighted by molar-refractivity contribution is 5.79. The van der Waals surface area contributed by atoms with Gasteiger partial charge in [0.25, 0.3) is 0 Å². The van der Waals surface area contributed by atoms with E-state index in [2.05, 4.69) is 20.6 Å². The molecule has 0 aromatic carbocycles. The first-order chi connectivity index (χ1) is 12.0. The number of nitrogens with zero attached hydrogens (tertiary/aromatic N) is 3. The minimum atomic E-state index is -0.494. The van der Waals surface area contributed by atoms with Gasteiger partial charge in [-0.05, 0) is 48.0 Å². The quantitative estimate of drug-likeness (QED) is 0.593. The molecule has 0 aliphatic carbocycles. The van der Waals surface area contributed by atoms with Gasteiger partial charge in [-0.25, -0.2) is 9.78 Å². The number of hydrogen-bond acceptors (Lipinski definition) is 5. The highest BCUT2D eigenvalue weighted by atomic mass is 16.6. The van der Waals surface area contributed by atoms with E-state index < -0.39 is 5.60 Å². The zero-order valence-corrected chi connectivity index (χ0v) is 17.3. The summed E-state index contributed by atoms with van der Waals surface area (Å²) in [6.07, 6.45) is 0.440. The predicted octanol–water partition coefficient (Wildman–Crippen LogP) is 2.60. The van der Waals surface area contributed by atoms with Gasteiger partial charge in [0.15, 0.2) is 5.96 Å². The number of carbonyl (C=O) groups excluding carboxylic acids is 1. The van der Waals surface area contributed by atoms with Gasteiger partial charge in [-0.15, -0.1) is 0 Å². The van der Waals surface area contributed by atoms with E-state index in [0.29, 0.717) is 24.9 Å². The van der Waals surface area contributed by atoms with Crippen LogP contribution in [0, 0.1) is 13.8 Å². The first kappa shape index (κ1) is 21.8. The number of hydrogen-bond donors (Lipinski definition) is 2. The Morgan fingerprint density at radius 1 is 1.35 bits per heavy atom. The number of nitrogens with one attached hydrogen (secondary N) is 2. The summed E-state index contributed by atoms with van der Waals surface area (Å²) in [4.78, 5) is 22.2. The number of rotatable bonds is 6. The molecule has 2 N–H and O–H groups in total. The smallest absolute Gasteiger partial charge is 0.410 e. The summed E-state index contributed by atoms with van der Waals surface area (Å²) in [5.41, 5.74) is 0.398. The molecule has 1 rings (SSSR count). The third-order valence-corrected chi connectivity index (χ3v) is 3.90. The van der Waals surface area contributed by atoms with E-state index in [0.717, 1.165) is 17.9 Å². The molecule has 0 bridgehead atoms. The number of aryl methyl sites for hydroxylation is 2. The zero-order chi connectivity index (χ0) is 19.9. The van der Waals surface area contributed by atoms with Crippen LogP contribution in [0.25, 0.3) is 0 Å². The topological polar surface area (TPSA) is 92.0 Å². The lowest BCUT2D eigenvalue weighted by atomic mass is 10.2. The lowest BCUT2D eigenvalue weighted by Gasteiger charge is -2.28. The van der Waals surface area contributed by atoms with Crippen molar-refractivity contribution in [3.63, 3.8) is 0 Å². The van der Waals surface area contributed by atoms with Crippen molar-refractivity contribution in [2.45, 2.75) is 66.2 Å². The Bertz CT molecular complexity index is 599. The summed E-state index contributed by atoms with van der Waals surface area (Å²) >= 11 is 0. The second-order valence-corrected chi connectivity index (χ2v) is 7.33. The third kappa shape index (κ3) is 7.33. The number of carbonyl (C=O) groups is 1. The van der Waals surface area contributed by atoms with E-state index in [1.54, 1.807) is 19.0 Å². The highest BCUT2D eigenvalue weighted by Crippen LogP contribution is 2.11. The molecule has 1 aromatic rings. The van der Waals surface area contributed by atoms with Gasteiger partial charge in [-0.1, -0.05) is 0 Å². The van der Waals surface area contributed by atoms with Crippen LogP contribution in [0.3, 0.4) is 0 Å². The van der Waals surface area contributed by atoms with Gasteiger partial charge in [0.1, 0.15) is 11.4 Å². The lowest BCUT2D eigenvalue weighted by Crippen LogP contribution is -2.42. The fraction of sp³-hybridized carbons (Fsp3) is 0.722. The standard InChI is InChI=1S/C18H33N5O3/c1-12(23(8)17(24)26-18(4,5)6)9-10-20-16(19-7)21-11-15-22-13(2)14(3)25-15/h12H,9-11H2,1-8H3,(H2,19,20,21). The van der Waals surface area contributed by atoms with Crippen LogP contribution < -0.4 is 10.6 Å². The number of guanidine groups is 1. The summed E-state index contributed by atoms with van der Waals surface area (Å²) in [6.45, 7) is 12.5. The average molecular weight is 367 g/mol. The number of aromatic nitrogens is 1. The van der Waals surface area contributed by atoms with E-state index in [9.17, 15) is 4.79 Å². The molecule has 1 aromatic heterocycles. The van der Waals surface area contributed by atoms with Crippen molar-refractivity contribution in [1.29, 1.82) is 0 Å². The van der Waals surface area contributed by atoms with Gasteiger partial charge >= 0.3 is 6.09 Å². The molecule has 0 fully saturated rings. The maximum Gasteiger partial charge on any atom is 0.410 e. The molecule has 8 heteroatoms. The van der Waals surface area contributed by atoms with E-state index in [4.69, 9.17) is 9.15 Å². The molecule has 148 valence electrons. The number of oxazole rings is 1. The summed E-state index contributed by atoms with van der Waals surface area (Å²) in [5.74, 6) is 2.11. The molecule has 1 amide bonds. The Balaban J connectivity index is 2.38. The lowest BCUT2D eigenvalue weighted by molar-refractivity contribution is 0.0230. The second kappa shape index (κ2) is 9.45. The third-order valence-electron chi connectivity index (χ3n) is 3.90. The van der Waals surface area contributed by atoms with Crippen molar-refractivity contribution >= 4 is 12.1 Å². The molecule has 0 spiro atoms. The van der Waals surface area contributed by atoms with Crippen molar-refractivity contribution in [2.24, 2.45) is 4.99 Å². The predicted molar refractivity (Wildman–Crippen MR) is 102 cm³/mol. The van der Waals surface area contributed by atoms with Crippen molar-refractivity contribution in [2.75, 3.05) is 20.6 Å². The minimum Gasteiger partial charge on any atom is -0.444 e. The van der Waals surface area contributed by atoms with Gasteiger partial charge in [0, 0.05) is 26.7 Å². The first-order valence-electron chi connectivity index (χ1n) is 8.86. The fourth-order valence-corrected chi connectivity index (χ4v) is 2.10. The van der Waals surface area contributed by atoms with Crippen LogP contribution in [0.4, 0.5) is 4.79 Å². The van der Waals surface area contributed by atoms with E-state index in [1.165, 1.54) is 0 Å². The largest absolute Gasteiger partial charge is 0.444 e. The zero-order valence-electron chi connectivity index (χ0n) is 17.3. The summed E-state index contributed by atoms with van der Waals surface area (Å²) in [5, 5.41) is 6.39. The molecule has 0 saturated heterocycles. The molecule has 0 aliphatic heterocycles. The molecule has 1 atom stereocenters. The number of amides is 1. The highest BCUT2D eigenvalue weighted by Gasteiger charge is 2.22. The van der Waals surface area contributed by atoms with Crippen LogP contribution >= 0.6 is 0 Å². The maximum atomic E-state index is 12.1. The van der Waals surface area contributed by atoms with E-state index >= 15 is 0 Å². The Labute approximate surface area is 156 Å². The maximum absolute atomic E-state index is 12.1. The van der Waals surface area contributed by atoms with E-state index in [-0.39, 0.29) is 12.1 Å². The SMILES string of the molecule is CN=C(NCCC(C)N(C)C(=O)OC(C)(C)C)NCc1nc(C)c(C)o1. The molecule has 8 nitrogen and oxygen atoms in total. The molecule has 1 unspecified atom stereocenters. The fourth-order valence-electron chi connectivity index (χ4n) is 2.10. The van der Waals surface area contributed by atoms with Crippen molar-refractivity contribution in [1.82, 2.24) is 20.5 Å². The Kier molecular flexibility index (Phi) is 7.92. The van der Waals surface area contributed by atoms with Crippen LogP contribution in [-0.2, 0) is 11.3 Å². The molecular formula is C18H33N5O3. The van der Waals surface area contributed by atoms with Crippen LogP contribution in [0.1, 0.15) is 51.5 Å². The average Bonchev–Trinajstić information content (AvgIpc) is 2.86. The van der Waals surface area contributed by atoms with Crippen LogP contribution in [0.2, 0.25) is 0 Å². The van der Waals surface area contributed by atoms with Gasteiger partial charge in [-0.2, -0.15) is 0 Å². The van der Waals surface area contributed by atoms with Gasteiger partial charge in [0.2, 0.25) is 5.89 Å². The molecular weight excluding hydrogens is 334 g/mol. The van der Waals surface area contributed by atoms with Crippen molar-refractivity contribution in [3.05, 3.63) is 17.3 Å². The Hall–Kier alpha value is -2.25. The first-order valence-corrected chi connectivity index (χ1v) is 8.86. The Morgan fingerprint density at radius 3 is 2.50 bits per heavy atom. The van der Waals surface area contributed by atoms with Crippen LogP contribution in [0.15, 0.2) is 9.41 Å². The Morgan fingerprint density at radius 2 is 2.00 bits per heavy atom. The second-order valence-electron chi connectivity index (χ2n) is 7.33. The van der Waals surface area contributed by atoms with Crippen LogP contribution in [-0.4, -0.2) is 54.2 Å². The van der Waals surface area contributed by atoms with Crippen molar-refractivity contribution in [3.8, 4) is 0 Å². The molecule has 0 radical (unpaired) electrons. The van der Waals surface area contributed by atoms with Gasteiger partial charge in [-0.3, -0.25) is 4.99 Å². The normalized spacial score (nSPS) is 13.3. The monoisotopic (exact) mass is 367 g/mol. The molecule has 1 heterocycles. The van der Waals surface area contributed by atoms with E-state index in [1.807, 2.05) is 41.5 Å².